The maximum Gasteiger partial charge on any atom is 0.324 e. The minimum absolute atomic E-state index is 0.105. The van der Waals surface area contributed by atoms with Crippen LogP contribution in [0.1, 0.15) is 26.2 Å². The first-order valence-corrected chi connectivity index (χ1v) is 7.25. The zero-order chi connectivity index (χ0) is 13.7. The lowest BCUT2D eigenvalue weighted by Gasteiger charge is -2.35. The molecule has 2 rings (SSSR count). The van der Waals surface area contributed by atoms with E-state index in [1.165, 1.54) is 4.90 Å². The topological polar surface area (TPSA) is 64.7 Å². The summed E-state index contributed by atoms with van der Waals surface area (Å²) in [7, 11) is 0. The fraction of sp³-hybridized carbons (Fsp3) is 0.846. The molecule has 6 heteroatoms. The fourth-order valence-corrected chi connectivity index (χ4v) is 2.85. The average Bonchev–Trinajstić information content (AvgIpc) is 2.75. The normalized spacial score (nSPS) is 21.3. The summed E-state index contributed by atoms with van der Waals surface area (Å²) in [6.07, 6.45) is 3.41. The van der Waals surface area contributed by atoms with Crippen molar-refractivity contribution in [2.75, 3.05) is 39.3 Å². The summed E-state index contributed by atoms with van der Waals surface area (Å²) in [6, 6.07) is 0.341. The number of hydrogen-bond donors (Lipinski definition) is 2. The van der Waals surface area contributed by atoms with E-state index < -0.39 is 0 Å². The number of hydrogen-bond acceptors (Lipinski definition) is 4. The van der Waals surface area contributed by atoms with Gasteiger partial charge in [-0.3, -0.25) is 14.6 Å². The predicted octanol–water partition coefficient (Wildman–Crippen LogP) is 0.00220. The molecule has 2 fully saturated rings. The van der Waals surface area contributed by atoms with Crippen LogP contribution in [-0.4, -0.2) is 67.0 Å². The van der Waals surface area contributed by atoms with Crippen LogP contribution in [0.15, 0.2) is 0 Å². The fourth-order valence-electron chi connectivity index (χ4n) is 2.85. The molecule has 2 aliphatic rings. The number of amides is 3. The van der Waals surface area contributed by atoms with Gasteiger partial charge in [0, 0.05) is 19.1 Å². The molecule has 2 N–H and O–H groups in total. The first-order valence-electron chi connectivity index (χ1n) is 7.25. The van der Waals surface area contributed by atoms with Gasteiger partial charge in [-0.15, -0.1) is 0 Å². The van der Waals surface area contributed by atoms with Crippen LogP contribution in [0.2, 0.25) is 0 Å². The monoisotopic (exact) mass is 268 g/mol. The molecule has 3 amide bonds. The molecule has 0 atom stereocenters. The molecule has 0 aliphatic carbocycles. The molecule has 0 aromatic carbocycles. The Balaban J connectivity index is 1.85. The van der Waals surface area contributed by atoms with E-state index in [-0.39, 0.29) is 18.5 Å². The molecule has 0 aromatic heterocycles. The van der Waals surface area contributed by atoms with Crippen molar-refractivity contribution < 1.29 is 9.59 Å². The summed E-state index contributed by atoms with van der Waals surface area (Å²) in [5, 5.41) is 5.93. The van der Waals surface area contributed by atoms with Gasteiger partial charge in [-0.2, -0.15) is 0 Å². The van der Waals surface area contributed by atoms with Gasteiger partial charge < -0.3 is 10.6 Å². The Hall–Kier alpha value is -1.14. The molecule has 2 saturated heterocycles. The van der Waals surface area contributed by atoms with Crippen molar-refractivity contribution in [3.05, 3.63) is 0 Å². The van der Waals surface area contributed by atoms with Crippen molar-refractivity contribution in [1.82, 2.24) is 20.4 Å². The van der Waals surface area contributed by atoms with Crippen molar-refractivity contribution in [2.24, 2.45) is 0 Å². The van der Waals surface area contributed by atoms with E-state index in [0.717, 1.165) is 45.4 Å². The minimum Gasteiger partial charge on any atom is -0.329 e. The molecule has 2 heterocycles. The van der Waals surface area contributed by atoms with Crippen LogP contribution in [-0.2, 0) is 4.79 Å². The molecular formula is C13H24N4O2. The average molecular weight is 268 g/mol. The van der Waals surface area contributed by atoms with E-state index >= 15 is 0 Å². The maximum atomic E-state index is 11.5. The quantitative estimate of drug-likeness (QED) is 0.666. The van der Waals surface area contributed by atoms with Crippen molar-refractivity contribution in [3.63, 3.8) is 0 Å². The number of imide groups is 1. The van der Waals surface area contributed by atoms with E-state index in [1.807, 2.05) is 0 Å². The van der Waals surface area contributed by atoms with Gasteiger partial charge in [0.1, 0.15) is 0 Å². The summed E-state index contributed by atoms with van der Waals surface area (Å²) in [4.78, 5) is 26.8. The third kappa shape index (κ3) is 3.67. The Labute approximate surface area is 114 Å². The van der Waals surface area contributed by atoms with Gasteiger partial charge in [0.05, 0.1) is 6.54 Å². The van der Waals surface area contributed by atoms with E-state index in [1.54, 1.807) is 0 Å². The Morgan fingerprint density at radius 3 is 2.58 bits per heavy atom. The van der Waals surface area contributed by atoms with Crippen LogP contribution < -0.4 is 10.6 Å². The molecule has 6 nitrogen and oxygen atoms in total. The Morgan fingerprint density at radius 2 is 2.00 bits per heavy atom. The third-order valence-electron chi connectivity index (χ3n) is 3.88. The second-order valence-corrected chi connectivity index (χ2v) is 5.22. The molecule has 0 spiro atoms. The summed E-state index contributed by atoms with van der Waals surface area (Å²) in [6.45, 7) is 6.78. The van der Waals surface area contributed by atoms with Gasteiger partial charge in [0.2, 0.25) is 5.91 Å². The molecule has 19 heavy (non-hydrogen) atoms. The van der Waals surface area contributed by atoms with Gasteiger partial charge in [0.15, 0.2) is 0 Å². The Morgan fingerprint density at radius 1 is 1.26 bits per heavy atom. The standard InChI is InChI=1S/C13H24N4O2/c1-2-7-16(11-3-5-14-6-4-11)8-9-17-12(18)10-15-13(17)19/h11,14H,2-10H2,1H3,(H,15,19). The second kappa shape index (κ2) is 6.86. The minimum atomic E-state index is -0.244. The number of piperidine rings is 1. The van der Waals surface area contributed by atoms with Gasteiger partial charge in [-0.25, -0.2) is 4.79 Å². The lowest BCUT2D eigenvalue weighted by Crippen LogP contribution is -2.47. The zero-order valence-electron chi connectivity index (χ0n) is 11.7. The van der Waals surface area contributed by atoms with E-state index in [0.29, 0.717) is 12.6 Å². The van der Waals surface area contributed by atoms with Crippen molar-refractivity contribution in [3.8, 4) is 0 Å². The van der Waals surface area contributed by atoms with Crippen LogP contribution in [0.4, 0.5) is 4.79 Å². The lowest BCUT2D eigenvalue weighted by atomic mass is 10.0. The third-order valence-corrected chi connectivity index (χ3v) is 3.88. The first kappa shape index (κ1) is 14.3. The molecular weight excluding hydrogens is 244 g/mol. The van der Waals surface area contributed by atoms with Crippen LogP contribution in [0, 0.1) is 0 Å². The van der Waals surface area contributed by atoms with Gasteiger partial charge in [0.25, 0.3) is 0 Å². The smallest absolute Gasteiger partial charge is 0.324 e. The maximum absolute atomic E-state index is 11.5. The van der Waals surface area contributed by atoms with Gasteiger partial charge >= 0.3 is 6.03 Å². The number of carbonyl (C=O) groups is 2. The van der Waals surface area contributed by atoms with Crippen LogP contribution >= 0.6 is 0 Å². The first-order chi connectivity index (χ1) is 9.22. The SMILES string of the molecule is CCCN(CCN1C(=O)CNC1=O)C1CCNCC1. The predicted molar refractivity (Wildman–Crippen MR) is 72.9 cm³/mol. The van der Waals surface area contributed by atoms with Crippen LogP contribution in [0.5, 0.6) is 0 Å². The summed E-state index contributed by atoms with van der Waals surface area (Å²) in [5.74, 6) is -0.105. The number of rotatable bonds is 6. The number of urea groups is 1. The van der Waals surface area contributed by atoms with Crippen molar-refractivity contribution in [1.29, 1.82) is 0 Å². The highest BCUT2D eigenvalue weighted by Gasteiger charge is 2.29. The molecule has 0 unspecified atom stereocenters. The van der Waals surface area contributed by atoms with Crippen molar-refractivity contribution in [2.45, 2.75) is 32.2 Å². The molecule has 2 aliphatic heterocycles. The van der Waals surface area contributed by atoms with E-state index in [2.05, 4.69) is 22.5 Å². The zero-order valence-corrected chi connectivity index (χ0v) is 11.7. The van der Waals surface area contributed by atoms with Crippen LogP contribution in [0.3, 0.4) is 0 Å². The molecule has 108 valence electrons. The highest BCUT2D eigenvalue weighted by Crippen LogP contribution is 2.12. The molecule has 0 saturated carbocycles. The highest BCUT2D eigenvalue weighted by atomic mass is 16.2. The number of carbonyl (C=O) groups excluding carboxylic acids is 2. The van der Waals surface area contributed by atoms with E-state index in [4.69, 9.17) is 0 Å². The van der Waals surface area contributed by atoms with Crippen molar-refractivity contribution >= 4 is 11.9 Å². The molecule has 0 bridgehead atoms. The summed E-state index contributed by atoms with van der Waals surface area (Å²) in [5.41, 5.74) is 0. The summed E-state index contributed by atoms with van der Waals surface area (Å²) < 4.78 is 0. The molecule has 0 aromatic rings. The van der Waals surface area contributed by atoms with Crippen LogP contribution in [0.25, 0.3) is 0 Å². The highest BCUT2D eigenvalue weighted by molar-refractivity contribution is 6.01. The Bertz CT molecular complexity index is 313. The van der Waals surface area contributed by atoms with Gasteiger partial charge in [-0.1, -0.05) is 6.92 Å². The largest absolute Gasteiger partial charge is 0.329 e. The lowest BCUT2D eigenvalue weighted by molar-refractivity contribution is -0.125. The summed E-state index contributed by atoms with van der Waals surface area (Å²) >= 11 is 0. The molecule has 0 radical (unpaired) electrons. The second-order valence-electron chi connectivity index (χ2n) is 5.22. The number of nitrogens with one attached hydrogen (secondary N) is 2. The van der Waals surface area contributed by atoms with E-state index in [9.17, 15) is 9.59 Å². The Kier molecular flexibility index (Phi) is 5.15. The number of nitrogens with zero attached hydrogens (tertiary/aromatic N) is 2. The van der Waals surface area contributed by atoms with Gasteiger partial charge in [-0.05, 0) is 38.9 Å².